The van der Waals surface area contributed by atoms with Crippen LogP contribution in [0.5, 0.6) is 0 Å². The summed E-state index contributed by atoms with van der Waals surface area (Å²) in [6, 6.07) is 16.7. The van der Waals surface area contributed by atoms with E-state index in [4.69, 9.17) is 8.83 Å². The predicted molar refractivity (Wildman–Crippen MR) is 95.6 cm³/mol. The summed E-state index contributed by atoms with van der Waals surface area (Å²) >= 11 is 2.08. The van der Waals surface area contributed by atoms with E-state index in [1.165, 1.54) is 6.08 Å². The normalized spacial score (nSPS) is 12.4. The minimum atomic E-state index is -0.333. The van der Waals surface area contributed by atoms with Crippen LogP contribution < -0.4 is 5.32 Å². The summed E-state index contributed by atoms with van der Waals surface area (Å²) in [5.74, 6) is 1.10. The molecule has 0 fully saturated rings. The standard InChI is InChI=1S/C18H14INO3/c19-16-10-8-14(23-16)9-11-17(21)20-18(15-7-4-12-22-15)13-5-2-1-3-6-13/h1-12,18H,(H,20,21). The zero-order valence-electron chi connectivity index (χ0n) is 12.1. The molecule has 1 amide bonds. The van der Waals surface area contributed by atoms with Gasteiger partial charge in [0.05, 0.1) is 6.26 Å². The SMILES string of the molecule is O=C(C=Cc1ccc(I)o1)NC(c1ccccc1)c1ccco1. The fraction of sp³-hybridized carbons (Fsp3) is 0.0556. The van der Waals surface area contributed by atoms with Crippen LogP contribution in [0, 0.1) is 3.77 Å². The Morgan fingerprint density at radius 1 is 1.09 bits per heavy atom. The molecule has 0 spiro atoms. The van der Waals surface area contributed by atoms with E-state index in [1.807, 2.05) is 48.5 Å². The monoisotopic (exact) mass is 419 g/mol. The number of carbonyl (C=O) groups excluding carboxylic acids is 1. The van der Waals surface area contributed by atoms with E-state index in [2.05, 4.69) is 27.9 Å². The first-order chi connectivity index (χ1) is 11.2. The van der Waals surface area contributed by atoms with Crippen molar-refractivity contribution < 1.29 is 13.6 Å². The highest BCUT2D eigenvalue weighted by atomic mass is 127. The third-order valence-electron chi connectivity index (χ3n) is 3.24. The molecule has 1 unspecified atom stereocenters. The van der Waals surface area contributed by atoms with Crippen LogP contribution in [0.25, 0.3) is 6.08 Å². The number of hydrogen-bond donors (Lipinski definition) is 1. The quantitative estimate of drug-likeness (QED) is 0.493. The Morgan fingerprint density at radius 2 is 1.91 bits per heavy atom. The first kappa shape index (κ1) is 15.6. The highest BCUT2D eigenvalue weighted by molar-refractivity contribution is 14.1. The van der Waals surface area contributed by atoms with Gasteiger partial charge in [-0.05, 0) is 58.5 Å². The Balaban J connectivity index is 1.76. The van der Waals surface area contributed by atoms with Crippen LogP contribution in [-0.2, 0) is 4.79 Å². The van der Waals surface area contributed by atoms with Gasteiger partial charge in [-0.15, -0.1) is 0 Å². The van der Waals surface area contributed by atoms with Crippen molar-refractivity contribution in [2.75, 3.05) is 0 Å². The third kappa shape index (κ3) is 4.13. The number of amides is 1. The molecular weight excluding hydrogens is 405 g/mol. The number of furan rings is 2. The van der Waals surface area contributed by atoms with Gasteiger partial charge in [0.1, 0.15) is 17.6 Å². The van der Waals surface area contributed by atoms with Gasteiger partial charge in [-0.25, -0.2) is 0 Å². The molecule has 0 bridgehead atoms. The van der Waals surface area contributed by atoms with Gasteiger partial charge in [-0.1, -0.05) is 30.3 Å². The van der Waals surface area contributed by atoms with Gasteiger partial charge in [0.15, 0.2) is 3.77 Å². The zero-order chi connectivity index (χ0) is 16.1. The Bertz CT molecular complexity index is 791. The molecule has 4 nitrogen and oxygen atoms in total. The molecule has 0 saturated heterocycles. The molecule has 0 aliphatic rings. The van der Waals surface area contributed by atoms with Crippen LogP contribution in [0.4, 0.5) is 0 Å². The fourth-order valence-corrected chi connectivity index (χ4v) is 2.62. The van der Waals surface area contributed by atoms with Crippen molar-refractivity contribution in [3.8, 4) is 0 Å². The molecule has 1 atom stereocenters. The number of halogens is 1. The minimum absolute atomic E-state index is 0.221. The van der Waals surface area contributed by atoms with Crippen molar-refractivity contribution in [1.29, 1.82) is 0 Å². The predicted octanol–water partition coefficient (Wildman–Crippen LogP) is 4.40. The molecule has 2 heterocycles. The van der Waals surface area contributed by atoms with Gasteiger partial charge < -0.3 is 14.2 Å². The third-order valence-corrected chi connectivity index (χ3v) is 3.82. The second kappa shape index (κ2) is 7.32. The summed E-state index contributed by atoms with van der Waals surface area (Å²) in [5, 5.41) is 2.95. The maximum atomic E-state index is 12.2. The molecule has 3 aromatic rings. The van der Waals surface area contributed by atoms with Gasteiger partial charge in [0.25, 0.3) is 0 Å². The topological polar surface area (TPSA) is 55.4 Å². The number of carbonyl (C=O) groups is 1. The molecule has 2 aromatic heterocycles. The first-order valence-corrected chi connectivity index (χ1v) is 8.12. The van der Waals surface area contributed by atoms with Crippen LogP contribution in [-0.4, -0.2) is 5.91 Å². The van der Waals surface area contributed by atoms with Crippen molar-refractivity contribution >= 4 is 34.6 Å². The lowest BCUT2D eigenvalue weighted by Crippen LogP contribution is -2.27. The summed E-state index contributed by atoms with van der Waals surface area (Å²) < 4.78 is 11.6. The smallest absolute Gasteiger partial charge is 0.244 e. The maximum absolute atomic E-state index is 12.2. The van der Waals surface area contributed by atoms with E-state index < -0.39 is 0 Å². The lowest BCUT2D eigenvalue weighted by Gasteiger charge is -2.16. The molecule has 0 aliphatic carbocycles. The van der Waals surface area contributed by atoms with Crippen LogP contribution >= 0.6 is 22.6 Å². The number of nitrogens with one attached hydrogen (secondary N) is 1. The summed E-state index contributed by atoms with van der Waals surface area (Å²) in [7, 11) is 0. The largest absolute Gasteiger partial charge is 0.467 e. The van der Waals surface area contributed by atoms with E-state index in [9.17, 15) is 4.79 Å². The highest BCUT2D eigenvalue weighted by Gasteiger charge is 2.18. The number of benzene rings is 1. The average molecular weight is 419 g/mol. The molecule has 5 heteroatoms. The molecule has 1 N–H and O–H groups in total. The average Bonchev–Trinajstić information content (AvgIpc) is 3.23. The zero-order valence-corrected chi connectivity index (χ0v) is 14.3. The second-order valence-electron chi connectivity index (χ2n) is 4.84. The van der Waals surface area contributed by atoms with E-state index in [1.54, 1.807) is 18.4 Å². The number of hydrogen-bond acceptors (Lipinski definition) is 3. The number of rotatable bonds is 5. The molecule has 0 aliphatic heterocycles. The first-order valence-electron chi connectivity index (χ1n) is 7.04. The van der Waals surface area contributed by atoms with Crippen LogP contribution in [0.3, 0.4) is 0 Å². The lowest BCUT2D eigenvalue weighted by molar-refractivity contribution is -0.117. The Morgan fingerprint density at radius 3 is 2.57 bits per heavy atom. The van der Waals surface area contributed by atoms with Crippen molar-refractivity contribution in [1.82, 2.24) is 5.32 Å². The van der Waals surface area contributed by atoms with Gasteiger partial charge in [0, 0.05) is 6.08 Å². The van der Waals surface area contributed by atoms with Crippen LogP contribution in [0.1, 0.15) is 23.1 Å². The van der Waals surface area contributed by atoms with Crippen molar-refractivity contribution in [3.63, 3.8) is 0 Å². The fourth-order valence-electron chi connectivity index (χ4n) is 2.19. The van der Waals surface area contributed by atoms with E-state index in [0.29, 0.717) is 11.5 Å². The molecule has 23 heavy (non-hydrogen) atoms. The van der Waals surface area contributed by atoms with Crippen LogP contribution in [0.2, 0.25) is 0 Å². The Hall–Kier alpha value is -2.28. The molecule has 0 radical (unpaired) electrons. The second-order valence-corrected chi connectivity index (χ2v) is 5.91. The maximum Gasteiger partial charge on any atom is 0.244 e. The van der Waals surface area contributed by atoms with Crippen molar-refractivity contribution in [2.24, 2.45) is 0 Å². The van der Waals surface area contributed by atoms with Gasteiger partial charge in [-0.3, -0.25) is 4.79 Å². The van der Waals surface area contributed by atoms with Crippen molar-refractivity contribution in [2.45, 2.75) is 6.04 Å². The molecule has 3 rings (SSSR count). The molecule has 116 valence electrons. The Kier molecular flexibility index (Phi) is 4.97. The van der Waals surface area contributed by atoms with E-state index >= 15 is 0 Å². The van der Waals surface area contributed by atoms with Gasteiger partial charge >= 0.3 is 0 Å². The molecule has 1 aromatic carbocycles. The van der Waals surface area contributed by atoms with E-state index in [0.717, 1.165) is 9.33 Å². The minimum Gasteiger partial charge on any atom is -0.467 e. The van der Waals surface area contributed by atoms with E-state index in [-0.39, 0.29) is 11.9 Å². The molecule has 0 saturated carbocycles. The van der Waals surface area contributed by atoms with Crippen LogP contribution in [0.15, 0.2) is 75.8 Å². The Labute approximate surface area is 147 Å². The van der Waals surface area contributed by atoms with Gasteiger partial charge in [-0.2, -0.15) is 0 Å². The molecular formula is C18H14INO3. The highest BCUT2D eigenvalue weighted by Crippen LogP contribution is 2.22. The summed E-state index contributed by atoms with van der Waals surface area (Å²) in [6.07, 6.45) is 4.69. The summed E-state index contributed by atoms with van der Waals surface area (Å²) in [5.41, 5.74) is 0.955. The summed E-state index contributed by atoms with van der Waals surface area (Å²) in [4.78, 5) is 12.2. The van der Waals surface area contributed by atoms with Crippen molar-refractivity contribution in [3.05, 3.63) is 87.8 Å². The summed E-state index contributed by atoms with van der Waals surface area (Å²) in [6.45, 7) is 0. The lowest BCUT2D eigenvalue weighted by atomic mass is 10.0. The van der Waals surface area contributed by atoms with Gasteiger partial charge in [0.2, 0.25) is 5.91 Å².